The van der Waals surface area contributed by atoms with Crippen molar-refractivity contribution < 1.29 is 44.0 Å². The van der Waals surface area contributed by atoms with Crippen LogP contribution in [0.2, 0.25) is 0 Å². The maximum Gasteiger partial charge on any atom is 0.308 e. The van der Waals surface area contributed by atoms with Crippen LogP contribution >= 0.6 is 0 Å². The van der Waals surface area contributed by atoms with Crippen LogP contribution in [0.15, 0.2) is 60.8 Å². The van der Waals surface area contributed by atoms with Gasteiger partial charge in [-0.25, -0.2) is 0 Å². The van der Waals surface area contributed by atoms with E-state index in [1.54, 1.807) is 13.8 Å². The summed E-state index contributed by atoms with van der Waals surface area (Å²) >= 11 is 0. The number of ether oxygens (including phenoxy) is 1. The van der Waals surface area contributed by atoms with Crippen molar-refractivity contribution >= 4 is 29.8 Å². The zero-order chi connectivity index (χ0) is 31.8. The molecule has 0 aliphatic rings. The molecular weight excluding hydrogens is 542 g/mol. The van der Waals surface area contributed by atoms with Gasteiger partial charge in [0.25, 0.3) is 5.91 Å². The minimum absolute atomic E-state index is 0.0501. The normalized spacial score (nSPS) is 13.1. The van der Waals surface area contributed by atoms with Gasteiger partial charge < -0.3 is 30.2 Å². The first-order valence-electron chi connectivity index (χ1n) is 14.4. The summed E-state index contributed by atoms with van der Waals surface area (Å²) in [5.41, 5.74) is -2.61. The number of esters is 1. The number of carbonyl (C=O) groups is 5. The Hall–Kier alpha value is -3.95. The fraction of sp³-hybridized carbons (Fsp3) is 0.531. The van der Waals surface area contributed by atoms with E-state index < -0.39 is 54.3 Å². The topological polar surface area (TPSA) is 170 Å². The van der Waals surface area contributed by atoms with Crippen molar-refractivity contribution in [3.63, 3.8) is 0 Å². The molecule has 0 aromatic heterocycles. The summed E-state index contributed by atoms with van der Waals surface area (Å²) in [7, 11) is 0. The third kappa shape index (κ3) is 19.2. The van der Waals surface area contributed by atoms with Gasteiger partial charge in [0.1, 0.15) is 0 Å². The molecule has 42 heavy (non-hydrogen) atoms. The molecule has 234 valence electrons. The molecule has 10 nitrogen and oxygen atoms in total. The molecule has 1 atom stereocenters. The predicted octanol–water partition coefficient (Wildman–Crippen LogP) is 4.42. The number of nitrogens with one attached hydrogen (secondary N) is 1. The molecule has 0 unspecified atom stereocenters. The van der Waals surface area contributed by atoms with Gasteiger partial charge in [-0.15, -0.1) is 0 Å². The highest BCUT2D eigenvalue weighted by molar-refractivity contribution is 5.96. The molecule has 0 spiro atoms. The predicted molar refractivity (Wildman–Crippen MR) is 158 cm³/mol. The number of hydrogen-bond acceptors (Lipinski definition) is 7. The summed E-state index contributed by atoms with van der Waals surface area (Å²) in [5, 5.41) is 32.2. The molecule has 10 heteroatoms. The van der Waals surface area contributed by atoms with Crippen molar-refractivity contribution in [3.05, 3.63) is 60.8 Å². The van der Waals surface area contributed by atoms with Gasteiger partial charge in [0.05, 0.1) is 24.9 Å². The molecule has 0 aromatic carbocycles. The standard InChI is InChI=1S/C32H47NO9/c1-4-5-6-7-8-9-10-11-12-13-14-15-16-17-18-19-20-21-29(38)42-32(23-27(34)35,24-28(36)37)31(41)33-26(30(39)40)22-25(2)3/h5-6,8-9,11-12,14-15,17-18,25-26H,4,7,10,13,16,19-24H2,1-3H3,(H,33,41)(H,34,35)(H,36,37)(H,39,40)/p-1/b6-5-,9-8-,12-11-,15-14-,18-17-/t26-/m0/s1. The van der Waals surface area contributed by atoms with Crippen molar-refractivity contribution in [2.75, 3.05) is 0 Å². The second kappa shape index (κ2) is 22.7. The van der Waals surface area contributed by atoms with Crippen molar-refractivity contribution in [2.24, 2.45) is 5.92 Å². The van der Waals surface area contributed by atoms with Crippen LogP contribution < -0.4 is 10.4 Å². The lowest BCUT2D eigenvalue weighted by atomic mass is 9.92. The second-order valence-electron chi connectivity index (χ2n) is 10.2. The molecule has 0 saturated carbocycles. The number of rotatable bonds is 23. The number of aliphatic carboxylic acids is 3. The average Bonchev–Trinajstić information content (AvgIpc) is 2.88. The quantitative estimate of drug-likeness (QED) is 0.0888. The molecule has 3 N–H and O–H groups in total. The smallest absolute Gasteiger partial charge is 0.308 e. The first kappa shape index (κ1) is 38.0. The van der Waals surface area contributed by atoms with Gasteiger partial charge in [-0.1, -0.05) is 81.5 Å². The molecule has 0 aliphatic heterocycles. The van der Waals surface area contributed by atoms with Gasteiger partial charge in [0.2, 0.25) is 5.60 Å². The van der Waals surface area contributed by atoms with E-state index in [0.29, 0.717) is 19.3 Å². The van der Waals surface area contributed by atoms with Gasteiger partial charge >= 0.3 is 17.9 Å². The largest absolute Gasteiger partial charge is 0.548 e. The number of allylic oxidation sites excluding steroid dienone is 10. The summed E-state index contributed by atoms with van der Waals surface area (Å²) in [5.74, 6) is -7.26. The SMILES string of the molecule is CC/C=C\C/C=C\C/C=C\C/C=C\C/C=C\CCCC(=O)OC(CC(=O)O)(CC(=O)O)C(=O)N[C@@H](CC(C)C)C(=O)[O-]. The summed E-state index contributed by atoms with van der Waals surface area (Å²) in [6.45, 7) is 5.50. The van der Waals surface area contributed by atoms with Crippen LogP contribution in [0.4, 0.5) is 0 Å². The molecule has 0 bridgehead atoms. The van der Waals surface area contributed by atoms with E-state index in [1.807, 2.05) is 24.3 Å². The van der Waals surface area contributed by atoms with E-state index >= 15 is 0 Å². The van der Waals surface area contributed by atoms with Crippen LogP contribution in [0.3, 0.4) is 0 Å². The number of carbonyl (C=O) groups excluding carboxylic acids is 3. The van der Waals surface area contributed by atoms with E-state index in [2.05, 4.69) is 48.7 Å². The Bertz CT molecular complexity index is 989. The molecule has 0 fully saturated rings. The summed E-state index contributed by atoms with van der Waals surface area (Å²) in [4.78, 5) is 59.9. The van der Waals surface area contributed by atoms with E-state index in [-0.39, 0.29) is 18.8 Å². The van der Waals surface area contributed by atoms with Crippen molar-refractivity contribution in [2.45, 2.75) is 103 Å². The van der Waals surface area contributed by atoms with Crippen LogP contribution in [-0.4, -0.2) is 51.6 Å². The number of amides is 1. The van der Waals surface area contributed by atoms with Gasteiger partial charge in [-0.05, 0) is 57.3 Å². The van der Waals surface area contributed by atoms with Crippen LogP contribution in [0.25, 0.3) is 0 Å². The minimum Gasteiger partial charge on any atom is -0.548 e. The van der Waals surface area contributed by atoms with Gasteiger partial charge in [0, 0.05) is 6.42 Å². The molecule has 0 aliphatic carbocycles. The van der Waals surface area contributed by atoms with Crippen LogP contribution in [-0.2, 0) is 28.7 Å². The third-order valence-electron chi connectivity index (χ3n) is 5.80. The molecule has 0 rings (SSSR count). The molecule has 0 heterocycles. The second-order valence-corrected chi connectivity index (χ2v) is 10.2. The zero-order valence-electron chi connectivity index (χ0n) is 25.0. The van der Waals surface area contributed by atoms with Crippen LogP contribution in [0, 0.1) is 5.92 Å². The lowest BCUT2D eigenvalue weighted by molar-refractivity contribution is -0.308. The van der Waals surface area contributed by atoms with Crippen molar-refractivity contribution in [1.82, 2.24) is 5.32 Å². The fourth-order valence-electron chi connectivity index (χ4n) is 3.81. The lowest BCUT2D eigenvalue weighted by Gasteiger charge is -2.32. The highest BCUT2D eigenvalue weighted by Gasteiger charge is 2.47. The lowest BCUT2D eigenvalue weighted by Crippen LogP contribution is -2.58. The fourth-order valence-corrected chi connectivity index (χ4v) is 3.81. The Balaban J connectivity index is 4.84. The number of hydrogen-bond donors (Lipinski definition) is 3. The molecule has 0 saturated heterocycles. The molecule has 1 amide bonds. The first-order chi connectivity index (χ1) is 19.9. The van der Waals surface area contributed by atoms with Crippen molar-refractivity contribution in [3.8, 4) is 0 Å². The number of unbranched alkanes of at least 4 members (excludes halogenated alkanes) is 1. The van der Waals surface area contributed by atoms with Crippen molar-refractivity contribution in [1.29, 1.82) is 0 Å². The minimum atomic E-state index is -2.61. The van der Waals surface area contributed by atoms with Gasteiger partial charge in [-0.3, -0.25) is 19.2 Å². The number of carboxylic acid groups (broad SMARTS) is 3. The summed E-state index contributed by atoms with van der Waals surface area (Å²) < 4.78 is 5.16. The van der Waals surface area contributed by atoms with E-state index in [1.165, 1.54) is 0 Å². The molecule has 0 aromatic rings. The third-order valence-corrected chi connectivity index (χ3v) is 5.80. The maximum atomic E-state index is 13.0. The highest BCUT2D eigenvalue weighted by Crippen LogP contribution is 2.24. The average molecular weight is 589 g/mol. The monoisotopic (exact) mass is 588 g/mol. The Labute approximate surface area is 248 Å². The highest BCUT2D eigenvalue weighted by atomic mass is 16.6. The summed E-state index contributed by atoms with van der Waals surface area (Å²) in [6, 6.07) is -1.52. The van der Waals surface area contributed by atoms with Gasteiger partial charge in [-0.2, -0.15) is 0 Å². The zero-order valence-corrected chi connectivity index (χ0v) is 25.0. The van der Waals surface area contributed by atoms with E-state index in [4.69, 9.17) is 4.74 Å². The Morgan fingerprint density at radius 2 is 1.24 bits per heavy atom. The van der Waals surface area contributed by atoms with E-state index in [9.17, 15) is 39.3 Å². The maximum absolute atomic E-state index is 13.0. The molecule has 0 radical (unpaired) electrons. The Morgan fingerprint density at radius 3 is 1.64 bits per heavy atom. The summed E-state index contributed by atoms with van der Waals surface area (Å²) in [6.07, 6.45) is 23.3. The van der Waals surface area contributed by atoms with Crippen LogP contribution in [0.1, 0.15) is 91.4 Å². The van der Waals surface area contributed by atoms with Gasteiger partial charge in [0.15, 0.2) is 0 Å². The Kier molecular flexibility index (Phi) is 20.6. The Morgan fingerprint density at radius 1 is 0.786 bits per heavy atom. The number of carboxylic acids is 3. The van der Waals surface area contributed by atoms with Crippen LogP contribution in [0.5, 0.6) is 0 Å². The first-order valence-corrected chi connectivity index (χ1v) is 14.4. The molecular formula is C32H46NO9-. The van der Waals surface area contributed by atoms with E-state index in [0.717, 1.165) is 25.7 Å².